The zero-order valence-electron chi connectivity index (χ0n) is 35.8. The number of nitrogens with zero attached hydrogens (tertiary/aromatic N) is 9. The van der Waals surface area contributed by atoms with Crippen molar-refractivity contribution < 1.29 is 14.4 Å². The van der Waals surface area contributed by atoms with Crippen LogP contribution in [-0.2, 0) is 14.4 Å². The van der Waals surface area contributed by atoms with Crippen LogP contribution in [0.1, 0.15) is 87.4 Å². The Balaban J connectivity index is 0.000000943. The van der Waals surface area contributed by atoms with Crippen molar-refractivity contribution in [1.29, 1.82) is 0 Å². The molecule has 1 unspecified atom stereocenters. The number of amides is 3. The van der Waals surface area contributed by atoms with Crippen molar-refractivity contribution in [2.75, 3.05) is 88.1 Å². The average molecular weight is 818 g/mol. The fourth-order valence-corrected chi connectivity index (χ4v) is 10.1. The molecule has 3 aromatic heterocycles. The number of aryl methyl sites for hydroxylation is 1. The number of fused-ring (bicyclic) bond motifs is 1. The summed E-state index contributed by atoms with van der Waals surface area (Å²) >= 11 is 0. The van der Waals surface area contributed by atoms with Crippen LogP contribution in [0.15, 0.2) is 54.9 Å². The van der Waals surface area contributed by atoms with E-state index in [0.29, 0.717) is 30.9 Å². The van der Waals surface area contributed by atoms with E-state index in [0.717, 1.165) is 74.0 Å². The molecule has 9 rings (SSSR count). The molecule has 4 saturated heterocycles. The van der Waals surface area contributed by atoms with E-state index < -0.39 is 0 Å². The van der Waals surface area contributed by atoms with Crippen molar-refractivity contribution in [3.8, 4) is 0 Å². The van der Waals surface area contributed by atoms with E-state index in [4.69, 9.17) is 9.97 Å². The number of aromatic nitrogens is 4. The van der Waals surface area contributed by atoms with Crippen LogP contribution in [0, 0.1) is 12.8 Å². The lowest BCUT2D eigenvalue weighted by Gasteiger charge is -2.43. The average Bonchev–Trinajstić information content (AvgIpc) is 3.92. The van der Waals surface area contributed by atoms with E-state index in [1.165, 1.54) is 93.0 Å². The van der Waals surface area contributed by atoms with Crippen LogP contribution in [0.25, 0.3) is 11.0 Å². The predicted molar refractivity (Wildman–Crippen MR) is 237 cm³/mol. The molecule has 4 aliphatic heterocycles. The van der Waals surface area contributed by atoms with Crippen molar-refractivity contribution in [2.24, 2.45) is 5.92 Å². The first-order valence-corrected chi connectivity index (χ1v) is 22.3. The van der Waals surface area contributed by atoms with Crippen LogP contribution in [-0.4, -0.2) is 131 Å². The molecule has 7 heterocycles. The molecule has 1 aliphatic carbocycles. The molecule has 1 aromatic carbocycles. The van der Waals surface area contributed by atoms with E-state index in [2.05, 4.69) is 89.2 Å². The highest BCUT2D eigenvalue weighted by Gasteiger charge is 2.31. The summed E-state index contributed by atoms with van der Waals surface area (Å²) in [6.45, 7) is 12.2. The quantitative estimate of drug-likeness (QED) is 0.150. The summed E-state index contributed by atoms with van der Waals surface area (Å²) in [5, 5.41) is 6.94. The summed E-state index contributed by atoms with van der Waals surface area (Å²) in [6, 6.07) is 16.1. The number of hydrogen-bond acceptors (Lipinski definition) is 11. The Bertz CT molecular complexity index is 2060. The molecule has 60 heavy (non-hydrogen) atoms. The van der Waals surface area contributed by atoms with Gasteiger partial charge in [-0.05, 0) is 107 Å². The van der Waals surface area contributed by atoms with Crippen molar-refractivity contribution in [3.63, 3.8) is 0 Å². The summed E-state index contributed by atoms with van der Waals surface area (Å²) < 4.78 is 2.41. The van der Waals surface area contributed by atoms with Crippen molar-refractivity contribution in [2.45, 2.75) is 89.1 Å². The number of likely N-dealkylation sites (tertiary alicyclic amines) is 1. The molecule has 5 fully saturated rings. The van der Waals surface area contributed by atoms with Gasteiger partial charge in [0.15, 0.2) is 0 Å². The first-order chi connectivity index (χ1) is 29.2. The smallest absolute Gasteiger partial charge is 0.234 e. The topological polar surface area (TPSA) is 135 Å². The van der Waals surface area contributed by atoms with E-state index >= 15 is 0 Å². The molecule has 320 valence electrons. The molecule has 2 N–H and O–H groups in total. The van der Waals surface area contributed by atoms with Gasteiger partial charge in [-0.25, -0.2) is 9.97 Å². The maximum absolute atomic E-state index is 12.3. The van der Waals surface area contributed by atoms with Crippen molar-refractivity contribution in [3.05, 3.63) is 66.1 Å². The van der Waals surface area contributed by atoms with Crippen LogP contribution in [0.5, 0.6) is 0 Å². The third-order valence-electron chi connectivity index (χ3n) is 13.4. The highest BCUT2D eigenvalue weighted by atomic mass is 16.2. The largest absolute Gasteiger partial charge is 0.371 e. The van der Waals surface area contributed by atoms with Crippen LogP contribution >= 0.6 is 0 Å². The normalized spacial score (nSPS) is 21.5. The van der Waals surface area contributed by atoms with E-state index in [-0.39, 0.29) is 17.7 Å². The summed E-state index contributed by atoms with van der Waals surface area (Å²) in [5.41, 5.74) is 5.70. The third-order valence-corrected chi connectivity index (χ3v) is 13.4. The van der Waals surface area contributed by atoms with Gasteiger partial charge in [0, 0.05) is 101 Å². The summed E-state index contributed by atoms with van der Waals surface area (Å²) in [5.74, 6) is 1.61. The van der Waals surface area contributed by atoms with Gasteiger partial charge >= 0.3 is 0 Å². The Morgan fingerprint density at radius 3 is 2.12 bits per heavy atom. The van der Waals surface area contributed by atoms with Crippen LogP contribution in [0.2, 0.25) is 0 Å². The van der Waals surface area contributed by atoms with Gasteiger partial charge in [-0.3, -0.25) is 24.6 Å². The first kappa shape index (κ1) is 41.6. The Labute approximate surface area is 354 Å². The van der Waals surface area contributed by atoms with Gasteiger partial charge in [0.2, 0.25) is 24.2 Å². The number of nitrogens with one attached hydrogen (secondary N) is 2. The number of carbonyl (C=O) groups is 3. The fourth-order valence-electron chi connectivity index (χ4n) is 10.1. The minimum absolute atomic E-state index is 0.161. The number of benzene rings is 1. The fraction of sp³-hybridized carbons (Fsp3) is 0.565. The molecular weight excluding hydrogens is 755 g/mol. The van der Waals surface area contributed by atoms with Gasteiger partial charge < -0.3 is 29.5 Å². The van der Waals surface area contributed by atoms with E-state index in [1.54, 1.807) is 14.1 Å². The Hall–Kier alpha value is -5.08. The minimum Gasteiger partial charge on any atom is -0.371 e. The highest BCUT2D eigenvalue weighted by Crippen LogP contribution is 2.35. The van der Waals surface area contributed by atoms with Gasteiger partial charge in [0.1, 0.15) is 11.5 Å². The highest BCUT2D eigenvalue weighted by molar-refractivity contribution is 6.01. The zero-order chi connectivity index (χ0) is 41.6. The standard InChI is InChI=1S/C43H56N10O2.C3H7NO/c1-30-26-33-27-45-43(48-41(33)53(30)36-4-2-3-5-36)46-39-12-10-37(28-44-39)52-24-22-49(23-25-52)29-31-14-18-50(19-15-31)35-16-20-51(21-17-35)34-8-6-32(7-9-34)38-11-13-40(54)47-42(38)55;1-4(2)3-5/h6-10,12,26-28,31,35-36,38H,2-5,11,13-25,29H2,1H3,(H,47,54,55)(H,44,45,46,48);3H,1-2H3. The van der Waals surface area contributed by atoms with Gasteiger partial charge in [0.05, 0.1) is 17.8 Å². The second-order valence-electron chi connectivity index (χ2n) is 17.7. The zero-order valence-corrected chi connectivity index (χ0v) is 35.8. The summed E-state index contributed by atoms with van der Waals surface area (Å²) in [6.07, 6.45) is 15.7. The Morgan fingerprint density at radius 2 is 1.47 bits per heavy atom. The van der Waals surface area contributed by atoms with Crippen LogP contribution in [0.3, 0.4) is 0 Å². The lowest BCUT2D eigenvalue weighted by molar-refractivity contribution is -0.134. The van der Waals surface area contributed by atoms with Crippen LogP contribution < -0.4 is 20.4 Å². The lowest BCUT2D eigenvalue weighted by atomic mass is 9.90. The number of carbonyl (C=O) groups excluding carboxylic acids is 3. The molecule has 4 aromatic rings. The Kier molecular flexibility index (Phi) is 13.3. The lowest BCUT2D eigenvalue weighted by Crippen LogP contribution is -2.51. The molecule has 3 amide bonds. The summed E-state index contributed by atoms with van der Waals surface area (Å²) in [4.78, 5) is 59.4. The van der Waals surface area contributed by atoms with E-state index in [9.17, 15) is 14.4 Å². The van der Waals surface area contributed by atoms with E-state index in [1.807, 2.05) is 12.4 Å². The minimum atomic E-state index is -0.220. The monoisotopic (exact) mass is 818 g/mol. The maximum Gasteiger partial charge on any atom is 0.234 e. The second kappa shape index (κ2) is 19.1. The first-order valence-electron chi connectivity index (χ1n) is 22.3. The molecule has 1 atom stereocenters. The number of hydrogen-bond donors (Lipinski definition) is 2. The molecule has 5 aliphatic rings. The molecular formula is C46H63N11O3. The predicted octanol–water partition coefficient (Wildman–Crippen LogP) is 5.72. The number of rotatable bonds is 10. The molecule has 0 radical (unpaired) electrons. The second-order valence-corrected chi connectivity index (χ2v) is 17.7. The molecule has 0 bridgehead atoms. The number of piperidine rings is 3. The van der Waals surface area contributed by atoms with Crippen molar-refractivity contribution >= 4 is 52.4 Å². The van der Waals surface area contributed by atoms with Crippen molar-refractivity contribution in [1.82, 2.24) is 39.5 Å². The van der Waals surface area contributed by atoms with Crippen LogP contribution in [0.4, 0.5) is 23.1 Å². The number of anilines is 4. The number of pyridine rings is 1. The molecule has 1 saturated carbocycles. The SMILES string of the molecule is CN(C)C=O.Cc1cc2cnc(Nc3ccc(N4CCN(CC5CCN(C6CCN(c7ccc(C8CCC(=O)NC8=O)cc7)CC6)CC5)CC4)cn3)nc2n1C1CCCC1. The number of piperazine rings is 1. The molecule has 14 nitrogen and oxygen atoms in total. The Morgan fingerprint density at radius 1 is 0.783 bits per heavy atom. The third kappa shape index (κ3) is 9.92. The number of imide groups is 1. The van der Waals surface area contributed by atoms with Gasteiger partial charge in [-0.15, -0.1) is 0 Å². The summed E-state index contributed by atoms with van der Waals surface area (Å²) in [7, 11) is 3.38. The molecule has 0 spiro atoms. The van der Waals surface area contributed by atoms with Gasteiger partial charge in [-0.1, -0.05) is 25.0 Å². The van der Waals surface area contributed by atoms with Gasteiger partial charge in [0.25, 0.3) is 0 Å². The van der Waals surface area contributed by atoms with Gasteiger partial charge in [-0.2, -0.15) is 4.98 Å². The molecule has 14 heteroatoms. The maximum atomic E-state index is 12.3.